The van der Waals surface area contributed by atoms with E-state index >= 15 is 0 Å². The van der Waals surface area contributed by atoms with Crippen LogP contribution in [-0.2, 0) is 0 Å². The number of hydrogen-bond donors (Lipinski definition) is 1. The molecule has 2 aromatic rings. The summed E-state index contributed by atoms with van der Waals surface area (Å²) in [4.78, 5) is 4.23. The van der Waals surface area contributed by atoms with Crippen LogP contribution in [0.15, 0.2) is 39.5 Å². The molecule has 78 valence electrons. The van der Waals surface area contributed by atoms with Gasteiger partial charge in [-0.2, -0.15) is 0 Å². The van der Waals surface area contributed by atoms with E-state index in [1.54, 1.807) is 12.5 Å². The summed E-state index contributed by atoms with van der Waals surface area (Å²) in [6, 6.07) is 5.40. The molecule has 1 unspecified atom stereocenters. The molecule has 2 aromatic heterocycles. The van der Waals surface area contributed by atoms with Crippen molar-refractivity contribution in [2.24, 2.45) is 5.73 Å². The van der Waals surface area contributed by atoms with Gasteiger partial charge in [-0.3, -0.25) is 4.98 Å². The molecule has 0 aromatic carbocycles. The van der Waals surface area contributed by atoms with Gasteiger partial charge in [-0.1, -0.05) is 0 Å². The predicted octanol–water partition coefficient (Wildman–Crippen LogP) is 2.79. The predicted molar refractivity (Wildman–Crippen MR) is 61.4 cm³/mol. The Kier molecular flexibility index (Phi) is 2.88. The zero-order valence-electron chi connectivity index (χ0n) is 8.27. The van der Waals surface area contributed by atoms with Crippen LogP contribution in [0.2, 0.25) is 0 Å². The summed E-state index contributed by atoms with van der Waals surface area (Å²) in [5, 5.41) is 0. The summed E-state index contributed by atoms with van der Waals surface area (Å²) >= 11 is 3.38. The Morgan fingerprint density at radius 3 is 2.87 bits per heavy atom. The molecular weight excluding hydrogens is 256 g/mol. The molecule has 0 saturated carbocycles. The standard InChI is InChI=1S/C11H11BrN2O/c1-7-2-4-14-9(6-7)10(13)11-8(12)3-5-15-11/h2-6,10H,13H2,1H3. The number of nitrogens with two attached hydrogens (primary N) is 1. The summed E-state index contributed by atoms with van der Waals surface area (Å²) in [5.74, 6) is 0.702. The van der Waals surface area contributed by atoms with Crippen molar-refractivity contribution in [1.82, 2.24) is 4.98 Å². The second kappa shape index (κ2) is 4.16. The molecule has 2 heterocycles. The second-order valence-corrected chi connectivity index (χ2v) is 4.22. The zero-order chi connectivity index (χ0) is 10.8. The smallest absolute Gasteiger partial charge is 0.140 e. The molecule has 0 bridgehead atoms. The van der Waals surface area contributed by atoms with Gasteiger partial charge in [-0.15, -0.1) is 0 Å². The number of aryl methyl sites for hydroxylation is 1. The summed E-state index contributed by atoms with van der Waals surface area (Å²) in [6.45, 7) is 2.01. The van der Waals surface area contributed by atoms with Crippen LogP contribution < -0.4 is 5.73 Å². The number of hydrogen-bond acceptors (Lipinski definition) is 3. The Hall–Kier alpha value is -1.13. The lowest BCUT2D eigenvalue weighted by Gasteiger charge is -2.09. The molecule has 2 N–H and O–H groups in total. The summed E-state index contributed by atoms with van der Waals surface area (Å²) < 4.78 is 6.18. The van der Waals surface area contributed by atoms with Gasteiger partial charge in [0.2, 0.25) is 0 Å². The summed E-state index contributed by atoms with van der Waals surface area (Å²) in [7, 11) is 0. The molecule has 1 atom stereocenters. The fraction of sp³-hybridized carbons (Fsp3) is 0.182. The first-order valence-electron chi connectivity index (χ1n) is 4.59. The topological polar surface area (TPSA) is 52.0 Å². The second-order valence-electron chi connectivity index (χ2n) is 3.37. The first-order chi connectivity index (χ1) is 7.18. The third-order valence-corrected chi connectivity index (χ3v) is 2.84. The van der Waals surface area contributed by atoms with Crippen molar-refractivity contribution in [1.29, 1.82) is 0 Å². The highest BCUT2D eigenvalue weighted by molar-refractivity contribution is 9.10. The van der Waals surface area contributed by atoms with Gasteiger partial charge in [0.25, 0.3) is 0 Å². The summed E-state index contributed by atoms with van der Waals surface area (Å²) in [5.41, 5.74) is 7.99. The number of aromatic nitrogens is 1. The van der Waals surface area contributed by atoms with Gasteiger partial charge in [0.15, 0.2) is 0 Å². The van der Waals surface area contributed by atoms with E-state index < -0.39 is 0 Å². The lowest BCUT2D eigenvalue weighted by atomic mass is 10.1. The molecule has 0 saturated heterocycles. The summed E-state index contributed by atoms with van der Waals surface area (Å²) in [6.07, 6.45) is 3.36. The van der Waals surface area contributed by atoms with Crippen LogP contribution in [0.1, 0.15) is 23.1 Å². The fourth-order valence-electron chi connectivity index (χ4n) is 1.39. The fourth-order valence-corrected chi connectivity index (χ4v) is 1.84. The minimum atomic E-state index is -0.325. The quantitative estimate of drug-likeness (QED) is 0.910. The number of rotatable bonds is 2. The van der Waals surface area contributed by atoms with Crippen molar-refractivity contribution >= 4 is 15.9 Å². The lowest BCUT2D eigenvalue weighted by molar-refractivity contribution is 0.484. The normalized spacial score (nSPS) is 12.7. The monoisotopic (exact) mass is 266 g/mol. The molecule has 0 aliphatic carbocycles. The van der Waals surface area contributed by atoms with Crippen LogP contribution in [-0.4, -0.2) is 4.98 Å². The largest absolute Gasteiger partial charge is 0.466 e. The third kappa shape index (κ3) is 2.11. The van der Waals surface area contributed by atoms with Gasteiger partial charge in [-0.05, 0) is 46.6 Å². The van der Waals surface area contributed by atoms with Crippen molar-refractivity contribution in [2.75, 3.05) is 0 Å². The van der Waals surface area contributed by atoms with E-state index in [0.717, 1.165) is 15.7 Å². The van der Waals surface area contributed by atoms with Crippen molar-refractivity contribution < 1.29 is 4.42 Å². The van der Waals surface area contributed by atoms with Crippen molar-refractivity contribution in [3.63, 3.8) is 0 Å². The van der Waals surface area contributed by atoms with Crippen molar-refractivity contribution in [2.45, 2.75) is 13.0 Å². The van der Waals surface area contributed by atoms with Gasteiger partial charge in [0, 0.05) is 6.20 Å². The highest BCUT2D eigenvalue weighted by atomic mass is 79.9. The maximum atomic E-state index is 6.04. The molecule has 0 radical (unpaired) electrons. The maximum absolute atomic E-state index is 6.04. The van der Waals surface area contributed by atoms with Crippen LogP contribution in [0, 0.1) is 6.92 Å². The minimum Gasteiger partial charge on any atom is -0.466 e. The number of halogens is 1. The van der Waals surface area contributed by atoms with E-state index in [9.17, 15) is 0 Å². The van der Waals surface area contributed by atoms with E-state index in [1.807, 2.05) is 25.1 Å². The Balaban J connectivity index is 2.36. The molecule has 0 aliphatic rings. The molecule has 4 heteroatoms. The average Bonchev–Trinajstić information content (AvgIpc) is 2.63. The van der Waals surface area contributed by atoms with Gasteiger partial charge in [0.05, 0.1) is 16.4 Å². The average molecular weight is 267 g/mol. The van der Waals surface area contributed by atoms with Crippen molar-refractivity contribution in [3.8, 4) is 0 Å². The Labute approximate surface area is 96.4 Å². The first kappa shape index (κ1) is 10.4. The Bertz CT molecular complexity index is 467. The number of pyridine rings is 1. The molecule has 2 rings (SSSR count). The highest BCUT2D eigenvalue weighted by Gasteiger charge is 2.16. The Morgan fingerprint density at radius 2 is 2.27 bits per heavy atom. The van der Waals surface area contributed by atoms with Crippen LogP contribution in [0.25, 0.3) is 0 Å². The van der Waals surface area contributed by atoms with Crippen LogP contribution >= 0.6 is 15.9 Å². The molecule has 15 heavy (non-hydrogen) atoms. The first-order valence-corrected chi connectivity index (χ1v) is 5.39. The number of furan rings is 1. The van der Waals surface area contributed by atoms with Gasteiger partial charge in [0.1, 0.15) is 11.8 Å². The van der Waals surface area contributed by atoms with Gasteiger partial charge < -0.3 is 10.2 Å². The van der Waals surface area contributed by atoms with Gasteiger partial charge in [-0.25, -0.2) is 0 Å². The van der Waals surface area contributed by atoms with E-state index in [1.165, 1.54) is 0 Å². The third-order valence-electron chi connectivity index (χ3n) is 2.18. The molecule has 0 amide bonds. The Morgan fingerprint density at radius 1 is 1.47 bits per heavy atom. The maximum Gasteiger partial charge on any atom is 0.140 e. The van der Waals surface area contributed by atoms with Crippen LogP contribution in [0.3, 0.4) is 0 Å². The molecule has 0 aliphatic heterocycles. The van der Waals surface area contributed by atoms with Crippen molar-refractivity contribution in [3.05, 3.63) is 52.1 Å². The minimum absolute atomic E-state index is 0.325. The van der Waals surface area contributed by atoms with Gasteiger partial charge >= 0.3 is 0 Å². The van der Waals surface area contributed by atoms with E-state index in [-0.39, 0.29) is 6.04 Å². The van der Waals surface area contributed by atoms with E-state index in [4.69, 9.17) is 10.2 Å². The molecular formula is C11H11BrN2O. The SMILES string of the molecule is Cc1ccnc(C(N)c2occc2Br)c1. The zero-order valence-corrected chi connectivity index (χ0v) is 9.86. The van der Waals surface area contributed by atoms with E-state index in [2.05, 4.69) is 20.9 Å². The van der Waals surface area contributed by atoms with Crippen LogP contribution in [0.5, 0.6) is 0 Å². The lowest BCUT2D eigenvalue weighted by Crippen LogP contribution is -2.13. The van der Waals surface area contributed by atoms with Crippen LogP contribution in [0.4, 0.5) is 0 Å². The van der Waals surface area contributed by atoms with E-state index in [0.29, 0.717) is 5.76 Å². The number of nitrogens with zero attached hydrogens (tertiary/aromatic N) is 1. The molecule has 0 fully saturated rings. The molecule has 0 spiro atoms. The molecule has 3 nitrogen and oxygen atoms in total. The highest BCUT2D eigenvalue weighted by Crippen LogP contribution is 2.26.